The summed E-state index contributed by atoms with van der Waals surface area (Å²) >= 11 is 0.817. The molecule has 60 heavy (non-hydrogen) atoms. The Bertz CT molecular complexity index is 5330. The fourth-order valence-corrected chi connectivity index (χ4v) is 9.40. The van der Waals surface area contributed by atoms with Crippen molar-refractivity contribution in [2.24, 2.45) is 0 Å². The molecule has 0 saturated heterocycles. The van der Waals surface area contributed by atoms with Crippen LogP contribution in [0.25, 0.3) is 105 Å². The van der Waals surface area contributed by atoms with Crippen LogP contribution >= 0.6 is 11.6 Å². The molecule has 9 aromatic carbocycles. The molecule has 0 radical (unpaired) electrons. The van der Waals surface area contributed by atoms with Gasteiger partial charge in [0, 0.05) is 37.4 Å². The first-order valence-electron chi connectivity index (χ1n) is 31.7. The molecule has 14 rings (SSSR count). The molecule has 0 N–H and O–H groups in total. The van der Waals surface area contributed by atoms with E-state index in [-0.39, 0.29) is 82.0 Å². The van der Waals surface area contributed by atoms with Crippen molar-refractivity contribution in [1.29, 1.82) is 0 Å². The van der Waals surface area contributed by atoms with Crippen LogP contribution in [0.15, 0.2) is 195 Å². The molecule has 0 bridgehead atoms. The molecule has 2 aliphatic rings. The normalized spacial score (nSPS) is 19.3. The molecule has 12 aromatic rings. The van der Waals surface area contributed by atoms with Gasteiger partial charge in [0.1, 0.15) is 33.8 Å². The highest BCUT2D eigenvalue weighted by molar-refractivity contribution is 8.28. The average molecular weight is 811 g/mol. The number of nitrogens with zero attached hydrogens (tertiary/aromatic N) is 1. The minimum absolute atomic E-state index is 0.0329. The molecular formula is C54H30BNO3S. The maximum Gasteiger partial charge on any atom is 0.289 e. The summed E-state index contributed by atoms with van der Waals surface area (Å²) in [6.45, 7) is 0. The van der Waals surface area contributed by atoms with Crippen LogP contribution in [0.4, 0.5) is 0 Å². The molecule has 6 heteroatoms. The largest absolute Gasteiger partial charge is 0.458 e. The summed E-state index contributed by atoms with van der Waals surface area (Å²) in [5, 5.41) is -0.959. The van der Waals surface area contributed by atoms with E-state index in [1.165, 1.54) is 18.2 Å². The molecule has 0 atom stereocenters. The van der Waals surface area contributed by atoms with Gasteiger partial charge in [-0.1, -0.05) is 109 Å². The standard InChI is InChI=1S/C54H30BNO3S/c1-6-16-43(56-44-17-7-2-12-35(44)36-13-3-8-18-45(36)56)34(11-1)33-27-41-38-15-5-10-20-51(38)60-55-42-28-31(22-25-47(42)57-50(30-33)53(41)55)32-21-23-40-49(29-32)58-48-26-24-39-37-14-4-9-19-46(37)59-54(39)52(40)48/h1-30H/i1D,2D,3D,4D,5D,6D,7D,8D,9D,10D,11D,12D,13D,14D,15D,16D,17D,18D,19D,20D,22D,24D,25D,26D,27D,29D,30D. The van der Waals surface area contributed by atoms with Crippen molar-refractivity contribution in [2.75, 3.05) is 0 Å². The van der Waals surface area contributed by atoms with E-state index < -0.39 is 219 Å². The summed E-state index contributed by atoms with van der Waals surface area (Å²) in [7, 11) is 0. The average Bonchev–Trinajstić information content (AvgIpc) is 1.66. The second kappa shape index (κ2) is 12.1. The van der Waals surface area contributed by atoms with E-state index in [2.05, 4.69) is 0 Å². The SMILES string of the molecule is [2H]c1c(-c2ccc3c(oc4c([2H])c([2H])c5c(oc6c([2H])c([2H])c([2H])c([2H])c65)c43)c2[2H])cc2c(c1[2H])Oc1c([2H])c(-c3c([2H])c([2H])c([2H])c([2H])c3-n3c4c([2H])c([2H])c([2H])c([2H])c4c4c([2H])c([2H])c([2H])c([2H])c43)c([2H])c3c1B2Sc1c([2H])c([2H])c([2H])c([2H])c1-3. The lowest BCUT2D eigenvalue weighted by Crippen LogP contribution is -2.46. The van der Waals surface area contributed by atoms with Crippen molar-refractivity contribution >= 4 is 94.2 Å². The predicted octanol–water partition coefficient (Wildman–Crippen LogP) is 13.9. The van der Waals surface area contributed by atoms with Gasteiger partial charge in [-0.25, -0.2) is 0 Å². The van der Waals surface area contributed by atoms with E-state index in [0.29, 0.717) is 0 Å². The van der Waals surface area contributed by atoms with Crippen LogP contribution in [0.1, 0.15) is 37.0 Å². The highest BCUT2D eigenvalue weighted by Crippen LogP contribution is 2.47. The van der Waals surface area contributed by atoms with Gasteiger partial charge < -0.3 is 18.1 Å². The molecule has 4 nitrogen and oxygen atoms in total. The van der Waals surface area contributed by atoms with Gasteiger partial charge in [-0.15, -0.1) is 0 Å². The third-order valence-corrected chi connectivity index (χ3v) is 12.0. The first kappa shape index (κ1) is 16.3. The maximum atomic E-state index is 10.3. The minimum atomic E-state index is -1.30. The fourth-order valence-electron chi connectivity index (χ4n) is 8.14. The van der Waals surface area contributed by atoms with Gasteiger partial charge in [0.25, 0.3) is 5.99 Å². The molecule has 3 aromatic heterocycles. The number of aromatic nitrogens is 1. The van der Waals surface area contributed by atoms with Crippen molar-refractivity contribution in [2.45, 2.75) is 4.90 Å². The maximum absolute atomic E-state index is 10.3. The van der Waals surface area contributed by atoms with Crippen molar-refractivity contribution in [3.8, 4) is 50.6 Å². The van der Waals surface area contributed by atoms with Crippen LogP contribution < -0.4 is 15.7 Å². The van der Waals surface area contributed by atoms with Crippen LogP contribution in [-0.4, -0.2) is 10.6 Å². The lowest BCUT2D eigenvalue weighted by molar-refractivity contribution is 0.488. The first-order chi connectivity index (χ1) is 41.0. The number of furan rings is 2. The van der Waals surface area contributed by atoms with E-state index >= 15 is 0 Å². The number of rotatable bonds is 3. The molecule has 5 heterocycles. The Hall–Kier alpha value is -7.41. The topological polar surface area (TPSA) is 40.4 Å². The third-order valence-electron chi connectivity index (χ3n) is 10.7. The van der Waals surface area contributed by atoms with E-state index in [9.17, 15) is 15.1 Å². The van der Waals surface area contributed by atoms with Crippen molar-refractivity contribution in [3.05, 3.63) is 181 Å². The number of hydrogen-bond donors (Lipinski definition) is 0. The molecule has 0 aliphatic carbocycles. The van der Waals surface area contributed by atoms with Crippen LogP contribution in [0, 0.1) is 0 Å². The number of hydrogen-bond acceptors (Lipinski definition) is 4. The second-order valence-corrected chi connectivity index (χ2v) is 14.9. The Morgan fingerprint density at radius 2 is 1.25 bits per heavy atom. The van der Waals surface area contributed by atoms with Crippen LogP contribution in [0.3, 0.4) is 0 Å². The highest BCUT2D eigenvalue weighted by atomic mass is 32.2. The van der Waals surface area contributed by atoms with E-state index in [1.807, 2.05) is 0 Å². The van der Waals surface area contributed by atoms with E-state index in [1.54, 1.807) is 0 Å². The van der Waals surface area contributed by atoms with Crippen molar-refractivity contribution in [1.82, 2.24) is 4.57 Å². The van der Waals surface area contributed by atoms with Crippen LogP contribution in [0.5, 0.6) is 11.5 Å². The molecule has 2 aliphatic heterocycles. The van der Waals surface area contributed by atoms with Gasteiger partial charge in [0.05, 0.1) is 59.1 Å². The van der Waals surface area contributed by atoms with Crippen LogP contribution in [0.2, 0.25) is 0 Å². The monoisotopic (exact) mass is 810 g/mol. The molecule has 0 spiro atoms. The summed E-state index contributed by atoms with van der Waals surface area (Å²) in [4.78, 5) is -0.170. The third kappa shape index (κ3) is 4.48. The zero-order valence-electron chi connectivity index (χ0n) is 56.9. The van der Waals surface area contributed by atoms with Crippen molar-refractivity contribution < 1.29 is 50.6 Å². The second-order valence-electron chi connectivity index (χ2n) is 13.8. The number of para-hydroxylation sites is 4. The van der Waals surface area contributed by atoms with E-state index in [4.69, 9.17) is 35.5 Å². The minimum Gasteiger partial charge on any atom is -0.458 e. The van der Waals surface area contributed by atoms with Gasteiger partial charge >= 0.3 is 0 Å². The first-order valence-corrected chi connectivity index (χ1v) is 19.0. The van der Waals surface area contributed by atoms with E-state index in [0.717, 1.165) is 16.2 Å². The number of fused-ring (bicyclic) bond motifs is 14. The Labute approximate surface area is 386 Å². The quantitative estimate of drug-likeness (QED) is 0.167. The Kier molecular flexibility index (Phi) is 3.29. The highest BCUT2D eigenvalue weighted by Gasteiger charge is 2.39. The predicted molar refractivity (Wildman–Crippen MR) is 249 cm³/mol. The lowest BCUT2D eigenvalue weighted by atomic mass is 9.57. The van der Waals surface area contributed by atoms with Crippen LogP contribution in [-0.2, 0) is 0 Å². The summed E-state index contributed by atoms with van der Waals surface area (Å²) < 4.78 is 265. The van der Waals surface area contributed by atoms with Gasteiger partial charge in [-0.2, -0.15) is 11.6 Å². The summed E-state index contributed by atoms with van der Waals surface area (Å²) in [5.41, 5.74) is -5.10. The number of benzene rings is 9. The molecule has 0 amide bonds. The molecule has 0 unspecified atom stereocenters. The lowest BCUT2D eigenvalue weighted by Gasteiger charge is -2.33. The molecule has 0 saturated carbocycles. The van der Waals surface area contributed by atoms with Gasteiger partial charge in [-0.05, 0) is 111 Å². The zero-order valence-corrected chi connectivity index (χ0v) is 30.7. The summed E-state index contributed by atoms with van der Waals surface area (Å²) in [6, 6.07) is -15.5. The Morgan fingerprint density at radius 1 is 0.500 bits per heavy atom. The summed E-state index contributed by atoms with van der Waals surface area (Å²) in [5.74, 6) is -2.21. The molecular weight excluding hydrogens is 753 g/mol. The Balaban J connectivity index is 1.05. The number of ether oxygens (including phenoxy) is 1. The van der Waals surface area contributed by atoms with Gasteiger partial charge in [-0.3, -0.25) is 0 Å². The zero-order chi connectivity index (χ0) is 62.5. The molecule has 278 valence electrons. The summed E-state index contributed by atoms with van der Waals surface area (Å²) in [6.07, 6.45) is 0. The Morgan fingerprint density at radius 3 is 2.12 bits per heavy atom. The fraction of sp³-hybridized carbons (Fsp3) is 0. The van der Waals surface area contributed by atoms with Gasteiger partial charge in [0.15, 0.2) is 0 Å². The van der Waals surface area contributed by atoms with Crippen molar-refractivity contribution in [3.63, 3.8) is 0 Å². The smallest absolute Gasteiger partial charge is 0.289 e. The molecule has 0 fully saturated rings. The van der Waals surface area contributed by atoms with Gasteiger partial charge in [0.2, 0.25) is 0 Å².